The number of halogens is 1. The number of pyridine rings is 1. The minimum Gasteiger partial charge on any atom is -0.348 e. The van der Waals surface area contributed by atoms with Crippen molar-refractivity contribution in [3.8, 4) is 11.3 Å². The number of fused-ring (bicyclic) bond motifs is 1. The number of carbonyl (C=O) groups excluding carboxylic acids is 1. The van der Waals surface area contributed by atoms with Crippen molar-refractivity contribution in [3.63, 3.8) is 0 Å². The summed E-state index contributed by atoms with van der Waals surface area (Å²) in [5.74, 6) is -0.123. The van der Waals surface area contributed by atoms with Gasteiger partial charge in [0, 0.05) is 22.5 Å². The van der Waals surface area contributed by atoms with E-state index in [2.05, 4.69) is 5.32 Å². The number of hydrogen-bond acceptors (Lipinski definition) is 2. The van der Waals surface area contributed by atoms with Crippen molar-refractivity contribution in [1.82, 2.24) is 10.3 Å². The standard InChI is InChI=1S/C24H19ClN2O/c1-16-6-10-18(11-7-16)23-14-21(20-4-2-3-5-22(20)27-23)24(28)26-15-17-8-12-19(25)13-9-17/h2-14H,15H2,1H3,(H,26,28). The number of carbonyl (C=O) groups is 1. The highest BCUT2D eigenvalue weighted by Gasteiger charge is 2.14. The SMILES string of the molecule is Cc1ccc(-c2cc(C(=O)NCc3ccc(Cl)cc3)c3ccccc3n2)cc1. The van der Waals surface area contributed by atoms with E-state index in [1.807, 2.05) is 85.8 Å². The zero-order chi connectivity index (χ0) is 19.5. The highest BCUT2D eigenvalue weighted by Crippen LogP contribution is 2.25. The van der Waals surface area contributed by atoms with E-state index in [4.69, 9.17) is 16.6 Å². The zero-order valence-corrected chi connectivity index (χ0v) is 16.2. The molecule has 1 amide bonds. The summed E-state index contributed by atoms with van der Waals surface area (Å²) < 4.78 is 0. The van der Waals surface area contributed by atoms with Gasteiger partial charge in [-0.2, -0.15) is 0 Å². The lowest BCUT2D eigenvalue weighted by molar-refractivity contribution is 0.0952. The van der Waals surface area contributed by atoms with Gasteiger partial charge in [0.05, 0.1) is 16.8 Å². The largest absolute Gasteiger partial charge is 0.348 e. The summed E-state index contributed by atoms with van der Waals surface area (Å²) in [7, 11) is 0. The van der Waals surface area contributed by atoms with Gasteiger partial charge >= 0.3 is 0 Å². The van der Waals surface area contributed by atoms with Crippen LogP contribution in [-0.4, -0.2) is 10.9 Å². The quantitative estimate of drug-likeness (QED) is 0.482. The molecule has 3 aromatic carbocycles. The van der Waals surface area contributed by atoms with Crippen LogP contribution in [0.15, 0.2) is 78.9 Å². The Morgan fingerprint density at radius 2 is 1.68 bits per heavy atom. The molecule has 0 spiro atoms. The maximum absolute atomic E-state index is 13.0. The number of aromatic nitrogens is 1. The van der Waals surface area contributed by atoms with E-state index in [9.17, 15) is 4.79 Å². The van der Waals surface area contributed by atoms with Gasteiger partial charge in [-0.05, 0) is 36.8 Å². The van der Waals surface area contributed by atoms with Crippen LogP contribution in [0.2, 0.25) is 5.02 Å². The second-order valence-corrected chi connectivity index (χ2v) is 7.18. The van der Waals surface area contributed by atoms with Crippen LogP contribution in [0.5, 0.6) is 0 Å². The maximum atomic E-state index is 13.0. The Bertz CT molecular complexity index is 1140. The molecule has 3 nitrogen and oxygen atoms in total. The summed E-state index contributed by atoms with van der Waals surface area (Å²) in [5, 5.41) is 4.52. The van der Waals surface area contributed by atoms with Crippen LogP contribution in [0.4, 0.5) is 0 Å². The van der Waals surface area contributed by atoms with Crippen LogP contribution in [0.25, 0.3) is 22.2 Å². The molecule has 0 aliphatic rings. The molecule has 1 aromatic heterocycles. The minimum absolute atomic E-state index is 0.123. The molecule has 0 aliphatic heterocycles. The van der Waals surface area contributed by atoms with Gasteiger partial charge in [-0.25, -0.2) is 4.98 Å². The van der Waals surface area contributed by atoms with Crippen molar-refractivity contribution >= 4 is 28.4 Å². The predicted molar refractivity (Wildman–Crippen MR) is 115 cm³/mol. The van der Waals surface area contributed by atoms with Crippen molar-refractivity contribution in [3.05, 3.63) is 101 Å². The van der Waals surface area contributed by atoms with Crippen molar-refractivity contribution in [1.29, 1.82) is 0 Å². The van der Waals surface area contributed by atoms with Gasteiger partial charge in [0.15, 0.2) is 0 Å². The highest BCUT2D eigenvalue weighted by atomic mass is 35.5. The van der Waals surface area contributed by atoms with Gasteiger partial charge in [-0.1, -0.05) is 71.8 Å². The Morgan fingerprint density at radius 3 is 2.43 bits per heavy atom. The molecule has 0 aliphatic carbocycles. The molecule has 0 saturated carbocycles. The number of nitrogens with one attached hydrogen (secondary N) is 1. The molecule has 0 unspecified atom stereocenters. The molecule has 0 radical (unpaired) electrons. The van der Waals surface area contributed by atoms with Crippen LogP contribution in [0, 0.1) is 6.92 Å². The first-order valence-electron chi connectivity index (χ1n) is 9.09. The smallest absolute Gasteiger partial charge is 0.252 e. The summed E-state index contributed by atoms with van der Waals surface area (Å²) in [6.07, 6.45) is 0. The molecule has 1 heterocycles. The molecule has 0 bridgehead atoms. The molecular formula is C24H19ClN2O. The van der Waals surface area contributed by atoms with Gasteiger partial charge in [-0.15, -0.1) is 0 Å². The molecule has 0 atom stereocenters. The van der Waals surface area contributed by atoms with E-state index >= 15 is 0 Å². The lowest BCUT2D eigenvalue weighted by Gasteiger charge is -2.11. The molecule has 4 heteroatoms. The molecule has 1 N–H and O–H groups in total. The average molecular weight is 387 g/mol. The van der Waals surface area contributed by atoms with Gasteiger partial charge in [0.2, 0.25) is 0 Å². The number of aryl methyl sites for hydroxylation is 1. The summed E-state index contributed by atoms with van der Waals surface area (Å²) in [6.45, 7) is 2.49. The minimum atomic E-state index is -0.123. The molecular weight excluding hydrogens is 368 g/mol. The fraction of sp³-hybridized carbons (Fsp3) is 0.0833. The van der Waals surface area contributed by atoms with Gasteiger partial charge in [0.25, 0.3) is 5.91 Å². The first kappa shape index (κ1) is 18.2. The molecule has 0 saturated heterocycles. The Kier molecular flexibility index (Phi) is 5.09. The third-order valence-electron chi connectivity index (χ3n) is 4.67. The number of rotatable bonds is 4. The first-order chi connectivity index (χ1) is 13.6. The fourth-order valence-electron chi connectivity index (χ4n) is 3.12. The first-order valence-corrected chi connectivity index (χ1v) is 9.47. The van der Waals surface area contributed by atoms with Crippen LogP contribution in [0.1, 0.15) is 21.5 Å². The van der Waals surface area contributed by atoms with E-state index in [0.29, 0.717) is 17.1 Å². The number of nitrogens with zero attached hydrogens (tertiary/aromatic N) is 1. The summed E-state index contributed by atoms with van der Waals surface area (Å²) >= 11 is 5.93. The van der Waals surface area contributed by atoms with Crippen LogP contribution in [0.3, 0.4) is 0 Å². The summed E-state index contributed by atoms with van der Waals surface area (Å²) in [5.41, 5.74) is 5.38. The predicted octanol–water partition coefficient (Wildman–Crippen LogP) is 5.79. The Labute approximate surface area is 169 Å². The van der Waals surface area contributed by atoms with Crippen LogP contribution < -0.4 is 5.32 Å². The molecule has 4 rings (SSSR count). The second kappa shape index (κ2) is 7.83. The molecule has 0 fully saturated rings. The monoisotopic (exact) mass is 386 g/mol. The number of hydrogen-bond donors (Lipinski definition) is 1. The normalized spacial score (nSPS) is 10.8. The third kappa shape index (κ3) is 3.90. The van der Waals surface area contributed by atoms with E-state index in [1.165, 1.54) is 5.56 Å². The van der Waals surface area contributed by atoms with Crippen molar-refractivity contribution in [2.45, 2.75) is 13.5 Å². The van der Waals surface area contributed by atoms with Gasteiger partial charge in [-0.3, -0.25) is 4.79 Å². The van der Waals surface area contributed by atoms with Gasteiger partial charge in [0.1, 0.15) is 0 Å². The van der Waals surface area contributed by atoms with E-state index < -0.39 is 0 Å². The molecule has 4 aromatic rings. The summed E-state index contributed by atoms with van der Waals surface area (Å²) in [4.78, 5) is 17.7. The Hall–Kier alpha value is -3.17. The third-order valence-corrected chi connectivity index (χ3v) is 4.93. The Morgan fingerprint density at radius 1 is 0.964 bits per heavy atom. The lowest BCUT2D eigenvalue weighted by atomic mass is 10.0. The van der Waals surface area contributed by atoms with Crippen LogP contribution in [-0.2, 0) is 6.54 Å². The topological polar surface area (TPSA) is 42.0 Å². The second-order valence-electron chi connectivity index (χ2n) is 6.75. The number of para-hydroxylation sites is 1. The van der Waals surface area contributed by atoms with E-state index in [1.54, 1.807) is 0 Å². The summed E-state index contributed by atoms with van der Waals surface area (Å²) in [6, 6.07) is 25.2. The maximum Gasteiger partial charge on any atom is 0.252 e. The number of benzene rings is 3. The zero-order valence-electron chi connectivity index (χ0n) is 15.4. The highest BCUT2D eigenvalue weighted by molar-refractivity contribution is 6.30. The average Bonchev–Trinajstić information content (AvgIpc) is 2.73. The van der Waals surface area contributed by atoms with Crippen molar-refractivity contribution in [2.24, 2.45) is 0 Å². The van der Waals surface area contributed by atoms with E-state index in [0.717, 1.165) is 27.7 Å². The van der Waals surface area contributed by atoms with E-state index in [-0.39, 0.29) is 5.91 Å². The number of amides is 1. The fourth-order valence-corrected chi connectivity index (χ4v) is 3.24. The van der Waals surface area contributed by atoms with Crippen molar-refractivity contribution in [2.75, 3.05) is 0 Å². The Balaban J connectivity index is 1.69. The molecule has 138 valence electrons. The van der Waals surface area contributed by atoms with Crippen molar-refractivity contribution < 1.29 is 4.79 Å². The van der Waals surface area contributed by atoms with Crippen LogP contribution >= 0.6 is 11.6 Å². The van der Waals surface area contributed by atoms with Gasteiger partial charge < -0.3 is 5.32 Å². The molecule has 28 heavy (non-hydrogen) atoms. The lowest BCUT2D eigenvalue weighted by Crippen LogP contribution is -2.23.